The standard InChI is InChI=1S/C13H16FN3S/c14-10-1-3-11(4-2-10)17-12(15)16-9-13(17)5-7-18-8-6-13/h1-4H,5-9H2,(H2,15,16). The van der Waals surface area contributed by atoms with Gasteiger partial charge in [-0.05, 0) is 48.6 Å². The minimum Gasteiger partial charge on any atom is -0.369 e. The van der Waals surface area contributed by atoms with E-state index in [-0.39, 0.29) is 11.4 Å². The van der Waals surface area contributed by atoms with Gasteiger partial charge in [0.1, 0.15) is 5.82 Å². The summed E-state index contributed by atoms with van der Waals surface area (Å²) in [7, 11) is 0. The fraction of sp³-hybridized carbons (Fsp3) is 0.462. The summed E-state index contributed by atoms with van der Waals surface area (Å²) in [5, 5.41) is 0. The van der Waals surface area contributed by atoms with E-state index in [1.165, 1.54) is 12.1 Å². The third-order valence-corrected chi connectivity index (χ3v) is 4.73. The van der Waals surface area contributed by atoms with Crippen LogP contribution in [-0.4, -0.2) is 29.5 Å². The first kappa shape index (κ1) is 11.8. The Kier molecular flexibility index (Phi) is 2.93. The summed E-state index contributed by atoms with van der Waals surface area (Å²) < 4.78 is 13.0. The highest BCUT2D eigenvalue weighted by Gasteiger charge is 2.43. The molecule has 0 saturated carbocycles. The molecule has 96 valence electrons. The van der Waals surface area contributed by atoms with Crippen molar-refractivity contribution in [2.45, 2.75) is 18.4 Å². The summed E-state index contributed by atoms with van der Waals surface area (Å²) in [5.41, 5.74) is 7.00. The lowest BCUT2D eigenvalue weighted by Crippen LogP contribution is -2.54. The molecular formula is C13H16FN3S. The largest absolute Gasteiger partial charge is 0.369 e. The molecule has 18 heavy (non-hydrogen) atoms. The van der Waals surface area contributed by atoms with E-state index in [1.54, 1.807) is 12.1 Å². The van der Waals surface area contributed by atoms with Crippen molar-refractivity contribution in [3.8, 4) is 0 Å². The smallest absolute Gasteiger partial charge is 0.196 e. The zero-order chi connectivity index (χ0) is 12.6. The molecule has 1 fully saturated rings. The Morgan fingerprint density at radius 1 is 1.22 bits per heavy atom. The molecule has 1 aromatic rings. The molecule has 2 aliphatic heterocycles. The Balaban J connectivity index is 1.96. The van der Waals surface area contributed by atoms with Crippen LogP contribution in [0.2, 0.25) is 0 Å². The van der Waals surface area contributed by atoms with Crippen molar-refractivity contribution < 1.29 is 4.39 Å². The molecular weight excluding hydrogens is 249 g/mol. The second-order valence-corrected chi connectivity index (χ2v) is 6.05. The molecule has 0 aromatic heterocycles. The number of hydrogen-bond acceptors (Lipinski definition) is 4. The van der Waals surface area contributed by atoms with Crippen LogP contribution < -0.4 is 10.6 Å². The predicted molar refractivity (Wildman–Crippen MR) is 74.7 cm³/mol. The van der Waals surface area contributed by atoms with Crippen molar-refractivity contribution in [1.29, 1.82) is 0 Å². The molecule has 0 radical (unpaired) electrons. The number of hydrogen-bond donors (Lipinski definition) is 1. The van der Waals surface area contributed by atoms with Crippen LogP contribution in [0.5, 0.6) is 0 Å². The van der Waals surface area contributed by atoms with Gasteiger partial charge in [-0.15, -0.1) is 0 Å². The monoisotopic (exact) mass is 265 g/mol. The van der Waals surface area contributed by atoms with Gasteiger partial charge >= 0.3 is 0 Å². The molecule has 0 aliphatic carbocycles. The van der Waals surface area contributed by atoms with Gasteiger partial charge in [-0.1, -0.05) is 0 Å². The molecule has 2 N–H and O–H groups in total. The van der Waals surface area contributed by atoms with Gasteiger partial charge in [-0.3, -0.25) is 4.99 Å². The van der Waals surface area contributed by atoms with E-state index in [0.717, 1.165) is 36.6 Å². The molecule has 1 spiro atoms. The number of aliphatic imine (C=N–C) groups is 1. The third-order valence-electron chi connectivity index (χ3n) is 3.75. The van der Waals surface area contributed by atoms with Crippen molar-refractivity contribution in [3.63, 3.8) is 0 Å². The van der Waals surface area contributed by atoms with Crippen molar-refractivity contribution >= 4 is 23.4 Å². The Morgan fingerprint density at radius 3 is 2.56 bits per heavy atom. The molecule has 2 heterocycles. The third kappa shape index (κ3) is 1.86. The molecule has 3 nitrogen and oxygen atoms in total. The summed E-state index contributed by atoms with van der Waals surface area (Å²) in [6.45, 7) is 0.761. The highest BCUT2D eigenvalue weighted by Crippen LogP contribution is 2.38. The van der Waals surface area contributed by atoms with Gasteiger partial charge in [0.2, 0.25) is 0 Å². The summed E-state index contributed by atoms with van der Waals surface area (Å²) in [6.07, 6.45) is 2.17. The van der Waals surface area contributed by atoms with E-state index >= 15 is 0 Å². The van der Waals surface area contributed by atoms with E-state index in [1.807, 2.05) is 11.8 Å². The van der Waals surface area contributed by atoms with E-state index in [9.17, 15) is 4.39 Å². The Labute approximate surface area is 110 Å². The number of anilines is 1. The predicted octanol–water partition coefficient (Wildman–Crippen LogP) is 2.23. The maximum atomic E-state index is 13.0. The summed E-state index contributed by atoms with van der Waals surface area (Å²) in [5.74, 6) is 2.62. The minimum atomic E-state index is -0.221. The van der Waals surface area contributed by atoms with Crippen LogP contribution in [-0.2, 0) is 0 Å². The van der Waals surface area contributed by atoms with Gasteiger partial charge in [0.15, 0.2) is 5.96 Å². The average Bonchev–Trinajstić information content (AvgIpc) is 2.69. The number of nitrogens with zero attached hydrogens (tertiary/aromatic N) is 2. The molecule has 0 atom stereocenters. The van der Waals surface area contributed by atoms with Gasteiger partial charge in [-0.25, -0.2) is 4.39 Å². The lowest BCUT2D eigenvalue weighted by molar-refractivity contribution is 0.424. The Bertz CT molecular complexity index is 466. The van der Waals surface area contributed by atoms with Gasteiger partial charge in [0.05, 0.1) is 12.1 Å². The molecule has 0 unspecified atom stereocenters. The van der Waals surface area contributed by atoms with Crippen LogP contribution in [0.4, 0.5) is 10.1 Å². The Hall–Kier alpha value is -1.23. The highest BCUT2D eigenvalue weighted by atomic mass is 32.2. The lowest BCUT2D eigenvalue weighted by Gasteiger charge is -2.41. The zero-order valence-electron chi connectivity index (χ0n) is 10.1. The second kappa shape index (κ2) is 4.46. The fourth-order valence-electron chi connectivity index (χ4n) is 2.74. The topological polar surface area (TPSA) is 41.6 Å². The molecule has 0 bridgehead atoms. The SMILES string of the molecule is NC1=NCC2(CCSCC2)N1c1ccc(F)cc1. The van der Waals surface area contributed by atoms with Crippen LogP contribution in [0.25, 0.3) is 0 Å². The highest BCUT2D eigenvalue weighted by molar-refractivity contribution is 7.99. The number of rotatable bonds is 1. The van der Waals surface area contributed by atoms with Gasteiger partial charge in [0, 0.05) is 5.69 Å². The average molecular weight is 265 g/mol. The van der Waals surface area contributed by atoms with Crippen LogP contribution in [0, 0.1) is 5.82 Å². The number of benzene rings is 1. The number of halogens is 1. The first-order valence-corrected chi connectivity index (χ1v) is 7.30. The molecule has 1 aromatic carbocycles. The first-order chi connectivity index (χ1) is 8.71. The van der Waals surface area contributed by atoms with E-state index in [4.69, 9.17) is 5.73 Å². The summed E-state index contributed by atoms with van der Waals surface area (Å²) >= 11 is 1.98. The summed E-state index contributed by atoms with van der Waals surface area (Å²) in [6, 6.07) is 6.53. The van der Waals surface area contributed by atoms with E-state index in [2.05, 4.69) is 9.89 Å². The van der Waals surface area contributed by atoms with Crippen LogP contribution in [0.3, 0.4) is 0 Å². The fourth-order valence-corrected chi connectivity index (χ4v) is 3.99. The van der Waals surface area contributed by atoms with Gasteiger partial charge in [-0.2, -0.15) is 11.8 Å². The zero-order valence-corrected chi connectivity index (χ0v) is 10.9. The second-order valence-electron chi connectivity index (χ2n) is 4.82. The molecule has 2 aliphatic rings. The maximum absolute atomic E-state index is 13.0. The molecule has 5 heteroatoms. The summed E-state index contributed by atoms with van der Waals surface area (Å²) in [4.78, 5) is 6.51. The van der Waals surface area contributed by atoms with Gasteiger partial charge in [0.25, 0.3) is 0 Å². The number of guanidine groups is 1. The first-order valence-electron chi connectivity index (χ1n) is 6.15. The van der Waals surface area contributed by atoms with Crippen molar-refractivity contribution in [1.82, 2.24) is 0 Å². The van der Waals surface area contributed by atoms with E-state index in [0.29, 0.717) is 5.96 Å². The quantitative estimate of drug-likeness (QED) is 0.846. The molecule has 1 saturated heterocycles. The number of thioether (sulfide) groups is 1. The normalized spacial score (nSPS) is 22.3. The van der Waals surface area contributed by atoms with Crippen LogP contribution >= 0.6 is 11.8 Å². The van der Waals surface area contributed by atoms with Crippen molar-refractivity contribution in [3.05, 3.63) is 30.1 Å². The molecule has 3 rings (SSSR count). The van der Waals surface area contributed by atoms with Crippen molar-refractivity contribution in [2.75, 3.05) is 23.0 Å². The van der Waals surface area contributed by atoms with Crippen LogP contribution in [0.1, 0.15) is 12.8 Å². The van der Waals surface area contributed by atoms with Crippen molar-refractivity contribution in [2.24, 2.45) is 10.7 Å². The number of nitrogens with two attached hydrogens (primary N) is 1. The lowest BCUT2D eigenvalue weighted by atomic mass is 9.90. The van der Waals surface area contributed by atoms with E-state index < -0.39 is 0 Å². The minimum absolute atomic E-state index is 0.0210. The Morgan fingerprint density at radius 2 is 1.89 bits per heavy atom. The van der Waals surface area contributed by atoms with Gasteiger partial charge < -0.3 is 10.6 Å². The van der Waals surface area contributed by atoms with Crippen LogP contribution in [0.15, 0.2) is 29.3 Å². The maximum Gasteiger partial charge on any atom is 0.196 e. The molecule has 0 amide bonds.